The Labute approximate surface area is 165 Å². The van der Waals surface area contributed by atoms with Crippen LogP contribution in [0.2, 0.25) is 0 Å². The van der Waals surface area contributed by atoms with Crippen LogP contribution in [0, 0.1) is 5.41 Å². The molecule has 1 aliphatic carbocycles. The van der Waals surface area contributed by atoms with E-state index >= 15 is 0 Å². The summed E-state index contributed by atoms with van der Waals surface area (Å²) in [6.07, 6.45) is 6.88. The summed E-state index contributed by atoms with van der Waals surface area (Å²) in [7, 11) is 1.84. The van der Waals surface area contributed by atoms with Crippen molar-refractivity contribution in [2.45, 2.75) is 58.0 Å². The summed E-state index contributed by atoms with van der Waals surface area (Å²) in [5.41, 5.74) is 5.01. The number of nitrogens with one attached hydrogen (secondary N) is 1. The fourth-order valence-electron chi connectivity index (χ4n) is 5.12. The van der Waals surface area contributed by atoms with Crippen molar-refractivity contribution in [2.24, 2.45) is 5.41 Å². The van der Waals surface area contributed by atoms with Gasteiger partial charge in [-0.15, -0.1) is 0 Å². The van der Waals surface area contributed by atoms with Crippen molar-refractivity contribution in [3.05, 3.63) is 23.8 Å². The molecule has 1 aromatic rings. The number of benzene rings is 1. The van der Waals surface area contributed by atoms with Crippen molar-refractivity contribution < 1.29 is 4.74 Å². The van der Waals surface area contributed by atoms with Gasteiger partial charge in [0.1, 0.15) is 0 Å². The van der Waals surface area contributed by atoms with E-state index in [1.165, 1.54) is 37.1 Å². The van der Waals surface area contributed by atoms with E-state index in [4.69, 9.17) is 4.74 Å². The number of rotatable bonds is 4. The molecule has 3 fully saturated rings. The van der Waals surface area contributed by atoms with Crippen molar-refractivity contribution in [1.82, 2.24) is 5.32 Å². The molecule has 2 aliphatic heterocycles. The molecule has 0 amide bonds. The van der Waals surface area contributed by atoms with Crippen LogP contribution >= 0.6 is 0 Å². The van der Waals surface area contributed by atoms with Gasteiger partial charge in [0.05, 0.1) is 6.10 Å². The molecule has 27 heavy (non-hydrogen) atoms. The van der Waals surface area contributed by atoms with Gasteiger partial charge in [-0.1, -0.05) is 13.8 Å². The maximum absolute atomic E-state index is 5.59. The van der Waals surface area contributed by atoms with Crippen LogP contribution in [0.1, 0.15) is 57.4 Å². The first-order valence-electron chi connectivity index (χ1n) is 10.9. The molecule has 0 radical (unpaired) electrons. The molecular weight excluding hydrogens is 334 g/mol. The van der Waals surface area contributed by atoms with Crippen LogP contribution in [0.5, 0.6) is 0 Å². The van der Waals surface area contributed by atoms with Gasteiger partial charge in [0.25, 0.3) is 0 Å². The minimum absolute atomic E-state index is 0.386. The third-order valence-electron chi connectivity index (χ3n) is 7.09. The van der Waals surface area contributed by atoms with Crippen LogP contribution in [0.4, 0.5) is 11.4 Å². The highest BCUT2D eigenvalue weighted by Gasteiger charge is 2.31. The first-order chi connectivity index (χ1) is 13.1. The van der Waals surface area contributed by atoms with Gasteiger partial charge in [0.2, 0.25) is 0 Å². The van der Waals surface area contributed by atoms with Crippen LogP contribution in [0.25, 0.3) is 0 Å². The van der Waals surface area contributed by atoms with E-state index in [0.29, 0.717) is 17.4 Å². The van der Waals surface area contributed by atoms with E-state index in [0.717, 1.165) is 45.7 Å². The Balaban J connectivity index is 1.61. The highest BCUT2D eigenvalue weighted by molar-refractivity contribution is 5.64. The maximum Gasteiger partial charge on any atom is 0.0762 e. The van der Waals surface area contributed by atoms with Gasteiger partial charge >= 0.3 is 0 Å². The van der Waals surface area contributed by atoms with Gasteiger partial charge in [-0.2, -0.15) is 0 Å². The summed E-state index contributed by atoms with van der Waals surface area (Å²) >= 11 is 0. The van der Waals surface area contributed by atoms with Gasteiger partial charge in [0.15, 0.2) is 0 Å². The van der Waals surface area contributed by atoms with E-state index in [2.05, 4.69) is 47.2 Å². The lowest BCUT2D eigenvalue weighted by Gasteiger charge is -2.38. The summed E-state index contributed by atoms with van der Waals surface area (Å²) in [4.78, 5) is 5.13. The molecule has 0 spiro atoms. The summed E-state index contributed by atoms with van der Waals surface area (Å²) in [5, 5.41) is 3.50. The Hall–Kier alpha value is -1.26. The minimum atomic E-state index is 0.386. The van der Waals surface area contributed by atoms with E-state index in [-0.39, 0.29) is 0 Å². The third kappa shape index (κ3) is 4.27. The average molecular weight is 372 g/mol. The van der Waals surface area contributed by atoms with Crippen molar-refractivity contribution in [2.75, 3.05) is 56.2 Å². The second kappa shape index (κ2) is 8.00. The van der Waals surface area contributed by atoms with Gasteiger partial charge in [-0.05, 0) is 67.2 Å². The number of ether oxygens (including phenoxy) is 1. The zero-order valence-corrected chi connectivity index (χ0v) is 17.5. The van der Waals surface area contributed by atoms with Crippen LogP contribution in [0.3, 0.4) is 0 Å². The first-order valence-corrected chi connectivity index (χ1v) is 10.9. The third-order valence-corrected chi connectivity index (χ3v) is 7.09. The molecule has 1 aromatic carbocycles. The molecule has 1 N–H and O–H groups in total. The van der Waals surface area contributed by atoms with Gasteiger partial charge in [0, 0.05) is 57.8 Å². The van der Waals surface area contributed by atoms with Crippen LogP contribution in [-0.4, -0.2) is 52.5 Å². The second-order valence-electron chi connectivity index (χ2n) is 9.51. The number of hydrogen-bond donors (Lipinski definition) is 1. The Morgan fingerprint density at radius 3 is 2.41 bits per heavy atom. The maximum atomic E-state index is 5.59. The summed E-state index contributed by atoms with van der Waals surface area (Å²) in [5.74, 6) is 0.712. The number of anilines is 2. The molecular formula is C23H37N3O. The average Bonchev–Trinajstić information content (AvgIpc) is 3.18. The van der Waals surface area contributed by atoms with Crippen molar-refractivity contribution >= 4 is 11.4 Å². The van der Waals surface area contributed by atoms with Crippen LogP contribution in [-0.2, 0) is 4.74 Å². The lowest BCUT2D eigenvalue weighted by Crippen LogP contribution is -2.44. The highest BCUT2D eigenvalue weighted by atomic mass is 16.5. The number of piperazine rings is 1. The quantitative estimate of drug-likeness (QED) is 0.866. The normalized spacial score (nSPS) is 26.6. The van der Waals surface area contributed by atoms with Gasteiger partial charge in [-0.25, -0.2) is 0 Å². The predicted octanol–water partition coefficient (Wildman–Crippen LogP) is 4.01. The molecule has 0 aromatic heterocycles. The lowest BCUT2D eigenvalue weighted by molar-refractivity contribution is 0.121. The molecule has 4 rings (SSSR count). The molecule has 2 heterocycles. The fraction of sp³-hybridized carbons (Fsp3) is 0.739. The lowest BCUT2D eigenvalue weighted by atomic mass is 9.71. The van der Waals surface area contributed by atoms with Crippen molar-refractivity contribution in [3.8, 4) is 0 Å². The number of hydrogen-bond acceptors (Lipinski definition) is 4. The second-order valence-corrected chi connectivity index (χ2v) is 9.51. The Morgan fingerprint density at radius 1 is 1.00 bits per heavy atom. The summed E-state index contributed by atoms with van der Waals surface area (Å²) in [6.45, 7) is 11.5. The van der Waals surface area contributed by atoms with Crippen LogP contribution in [0.15, 0.2) is 18.2 Å². The molecule has 150 valence electrons. The molecule has 3 aliphatic rings. The molecule has 0 bridgehead atoms. The molecule has 1 unspecified atom stereocenters. The largest absolute Gasteiger partial charge is 0.380 e. The minimum Gasteiger partial charge on any atom is -0.380 e. The standard InChI is InChI=1S/C23H37N3O/c1-23(2)9-6-18(7-10-23)21-16-19(26-13-8-20(17-26)27-3)4-5-22(21)25-14-11-24-12-15-25/h4-5,16,18,20,24H,6-15,17H2,1-3H3. The number of methoxy groups -OCH3 is 1. The van der Waals surface area contributed by atoms with E-state index < -0.39 is 0 Å². The van der Waals surface area contributed by atoms with Crippen molar-refractivity contribution in [3.63, 3.8) is 0 Å². The van der Waals surface area contributed by atoms with Crippen LogP contribution < -0.4 is 15.1 Å². The topological polar surface area (TPSA) is 27.7 Å². The summed E-state index contributed by atoms with van der Waals surface area (Å²) < 4.78 is 5.59. The molecule has 4 nitrogen and oxygen atoms in total. The fourth-order valence-corrected chi connectivity index (χ4v) is 5.12. The summed E-state index contributed by atoms with van der Waals surface area (Å²) in [6, 6.07) is 7.29. The molecule has 4 heteroatoms. The number of nitrogens with zero attached hydrogens (tertiary/aromatic N) is 2. The highest BCUT2D eigenvalue weighted by Crippen LogP contribution is 2.45. The predicted molar refractivity (Wildman–Crippen MR) is 114 cm³/mol. The smallest absolute Gasteiger partial charge is 0.0762 e. The zero-order valence-electron chi connectivity index (χ0n) is 17.5. The Kier molecular flexibility index (Phi) is 5.65. The Morgan fingerprint density at radius 2 is 1.74 bits per heavy atom. The zero-order chi connectivity index (χ0) is 18.9. The molecule has 1 atom stereocenters. The van der Waals surface area contributed by atoms with E-state index in [9.17, 15) is 0 Å². The first kappa shape index (κ1) is 19.1. The van der Waals surface area contributed by atoms with E-state index in [1.807, 2.05) is 7.11 Å². The molecule has 2 saturated heterocycles. The molecule has 1 saturated carbocycles. The SMILES string of the molecule is COC1CCN(c2ccc(N3CCNCC3)c(C3CCC(C)(C)CC3)c2)C1. The van der Waals surface area contributed by atoms with Crippen molar-refractivity contribution in [1.29, 1.82) is 0 Å². The van der Waals surface area contributed by atoms with Gasteiger partial charge in [-0.3, -0.25) is 0 Å². The Bertz CT molecular complexity index is 629. The van der Waals surface area contributed by atoms with E-state index in [1.54, 1.807) is 5.56 Å². The van der Waals surface area contributed by atoms with Gasteiger partial charge < -0.3 is 19.9 Å². The monoisotopic (exact) mass is 371 g/mol.